The first-order chi connectivity index (χ1) is 6.56. The predicted molar refractivity (Wildman–Crippen MR) is 60.1 cm³/mol. The van der Waals surface area contributed by atoms with Crippen LogP contribution >= 0.6 is 27.5 Å². The molecule has 0 N–H and O–H groups in total. The van der Waals surface area contributed by atoms with Gasteiger partial charge in [0.15, 0.2) is 0 Å². The van der Waals surface area contributed by atoms with E-state index in [1.807, 2.05) is 6.92 Å². The molecule has 0 spiro atoms. The van der Waals surface area contributed by atoms with Crippen molar-refractivity contribution in [3.8, 4) is 5.75 Å². The summed E-state index contributed by atoms with van der Waals surface area (Å²) in [6, 6.07) is 2.90. The van der Waals surface area contributed by atoms with Gasteiger partial charge in [0.25, 0.3) is 0 Å². The molecule has 0 amide bonds. The summed E-state index contributed by atoms with van der Waals surface area (Å²) in [6.45, 7) is 1.97. The van der Waals surface area contributed by atoms with Crippen molar-refractivity contribution in [3.05, 3.63) is 28.5 Å². The standard InChI is InChI=1S/C10H11BrClFO/c1-6(11)5-7-9(14-2)4-3-8(13)10(7)12/h3-4,6H,5H2,1-2H3. The monoisotopic (exact) mass is 280 g/mol. The van der Waals surface area contributed by atoms with Gasteiger partial charge in [-0.1, -0.05) is 34.5 Å². The summed E-state index contributed by atoms with van der Waals surface area (Å²) in [5.41, 5.74) is 0.707. The van der Waals surface area contributed by atoms with E-state index in [0.717, 1.165) is 0 Å². The number of hydrogen-bond acceptors (Lipinski definition) is 1. The maximum atomic E-state index is 13.1. The summed E-state index contributed by atoms with van der Waals surface area (Å²) in [5.74, 6) is 0.221. The zero-order valence-corrected chi connectivity index (χ0v) is 10.3. The van der Waals surface area contributed by atoms with Crippen LogP contribution in [-0.2, 0) is 6.42 Å². The Bertz CT molecular complexity index is 328. The van der Waals surface area contributed by atoms with E-state index in [9.17, 15) is 4.39 Å². The maximum Gasteiger partial charge on any atom is 0.142 e. The lowest BCUT2D eigenvalue weighted by molar-refractivity contribution is 0.408. The maximum absolute atomic E-state index is 13.1. The molecule has 1 atom stereocenters. The van der Waals surface area contributed by atoms with E-state index in [0.29, 0.717) is 17.7 Å². The summed E-state index contributed by atoms with van der Waals surface area (Å²) >= 11 is 9.24. The Kier molecular flexibility index (Phi) is 4.20. The van der Waals surface area contributed by atoms with Crippen LogP contribution in [0.25, 0.3) is 0 Å². The highest BCUT2D eigenvalue weighted by molar-refractivity contribution is 9.09. The molecule has 1 nitrogen and oxygen atoms in total. The predicted octanol–water partition coefficient (Wildman–Crippen LogP) is 3.81. The number of halogens is 3. The fourth-order valence-electron chi connectivity index (χ4n) is 1.24. The Morgan fingerprint density at radius 1 is 1.57 bits per heavy atom. The molecule has 0 saturated heterocycles. The second-order valence-corrected chi connectivity index (χ2v) is 4.97. The normalized spacial score (nSPS) is 12.6. The van der Waals surface area contributed by atoms with Crippen molar-refractivity contribution < 1.29 is 9.13 Å². The van der Waals surface area contributed by atoms with Gasteiger partial charge < -0.3 is 4.74 Å². The summed E-state index contributed by atoms with van der Waals surface area (Å²) in [7, 11) is 1.55. The molecule has 0 aliphatic heterocycles. The highest BCUT2D eigenvalue weighted by Crippen LogP contribution is 2.31. The summed E-state index contributed by atoms with van der Waals surface area (Å²) in [6.07, 6.45) is 0.639. The van der Waals surface area contributed by atoms with Crippen LogP contribution in [0.1, 0.15) is 12.5 Å². The van der Waals surface area contributed by atoms with Crippen molar-refractivity contribution in [2.24, 2.45) is 0 Å². The van der Waals surface area contributed by atoms with Crippen molar-refractivity contribution in [1.82, 2.24) is 0 Å². The minimum absolute atomic E-state index is 0.149. The van der Waals surface area contributed by atoms with E-state index in [4.69, 9.17) is 16.3 Å². The molecule has 1 unspecified atom stereocenters. The molecule has 1 aromatic carbocycles. The Morgan fingerprint density at radius 2 is 2.21 bits per heavy atom. The number of rotatable bonds is 3. The van der Waals surface area contributed by atoms with Gasteiger partial charge in [0.2, 0.25) is 0 Å². The van der Waals surface area contributed by atoms with Crippen molar-refractivity contribution in [3.63, 3.8) is 0 Å². The van der Waals surface area contributed by atoms with Crippen molar-refractivity contribution in [2.75, 3.05) is 7.11 Å². The van der Waals surface area contributed by atoms with E-state index in [2.05, 4.69) is 15.9 Å². The Balaban J connectivity index is 3.14. The van der Waals surface area contributed by atoms with Crippen molar-refractivity contribution >= 4 is 27.5 Å². The third-order valence-corrected chi connectivity index (χ3v) is 2.59. The molecular weight excluding hydrogens is 270 g/mol. The van der Waals surface area contributed by atoms with E-state index < -0.39 is 5.82 Å². The van der Waals surface area contributed by atoms with Gasteiger partial charge in [-0.05, 0) is 18.6 Å². The van der Waals surface area contributed by atoms with Crippen LogP contribution in [0.15, 0.2) is 12.1 Å². The molecule has 4 heteroatoms. The second-order valence-electron chi connectivity index (χ2n) is 3.03. The van der Waals surface area contributed by atoms with Gasteiger partial charge in [0.05, 0.1) is 12.1 Å². The Hall–Kier alpha value is -0.280. The van der Waals surface area contributed by atoms with E-state index in [1.54, 1.807) is 13.2 Å². The van der Waals surface area contributed by atoms with Gasteiger partial charge in [0, 0.05) is 10.4 Å². The van der Waals surface area contributed by atoms with Gasteiger partial charge in [-0.15, -0.1) is 0 Å². The molecule has 0 aliphatic rings. The molecule has 0 bridgehead atoms. The molecule has 0 radical (unpaired) electrons. The van der Waals surface area contributed by atoms with E-state index in [-0.39, 0.29) is 9.85 Å². The fraction of sp³-hybridized carbons (Fsp3) is 0.400. The molecule has 0 heterocycles. The zero-order chi connectivity index (χ0) is 10.7. The van der Waals surface area contributed by atoms with Crippen molar-refractivity contribution in [2.45, 2.75) is 18.2 Å². The van der Waals surface area contributed by atoms with Crippen LogP contribution in [0, 0.1) is 5.82 Å². The lowest BCUT2D eigenvalue weighted by Crippen LogP contribution is -2.01. The van der Waals surface area contributed by atoms with Crippen LogP contribution in [-0.4, -0.2) is 11.9 Å². The molecule has 1 aromatic rings. The number of benzene rings is 1. The third-order valence-electron chi connectivity index (χ3n) is 1.86. The number of methoxy groups -OCH3 is 1. The Labute approximate surface area is 96.3 Å². The van der Waals surface area contributed by atoms with Gasteiger partial charge in [-0.2, -0.15) is 0 Å². The Morgan fingerprint density at radius 3 is 2.71 bits per heavy atom. The van der Waals surface area contributed by atoms with Gasteiger partial charge >= 0.3 is 0 Å². The number of alkyl halides is 1. The first kappa shape index (κ1) is 11.8. The van der Waals surface area contributed by atoms with Crippen LogP contribution in [0.5, 0.6) is 5.75 Å². The van der Waals surface area contributed by atoms with E-state index in [1.165, 1.54) is 6.07 Å². The van der Waals surface area contributed by atoms with Gasteiger partial charge in [0.1, 0.15) is 11.6 Å². The lowest BCUT2D eigenvalue weighted by Gasteiger charge is -2.11. The fourth-order valence-corrected chi connectivity index (χ4v) is 1.79. The summed E-state index contributed by atoms with van der Waals surface area (Å²) < 4.78 is 18.3. The molecule has 78 valence electrons. The highest BCUT2D eigenvalue weighted by atomic mass is 79.9. The van der Waals surface area contributed by atoms with Crippen LogP contribution in [0.3, 0.4) is 0 Å². The topological polar surface area (TPSA) is 9.23 Å². The van der Waals surface area contributed by atoms with Crippen LogP contribution < -0.4 is 4.74 Å². The summed E-state index contributed by atoms with van der Waals surface area (Å²) in [4.78, 5) is 0.232. The second kappa shape index (κ2) is 4.99. The first-order valence-electron chi connectivity index (χ1n) is 4.21. The number of ether oxygens (including phenoxy) is 1. The van der Waals surface area contributed by atoms with Crippen LogP contribution in [0.4, 0.5) is 4.39 Å². The lowest BCUT2D eigenvalue weighted by atomic mass is 10.1. The molecule has 1 rings (SSSR count). The molecule has 14 heavy (non-hydrogen) atoms. The molecule has 0 aliphatic carbocycles. The average Bonchev–Trinajstić information content (AvgIpc) is 2.13. The minimum Gasteiger partial charge on any atom is -0.496 e. The van der Waals surface area contributed by atoms with E-state index >= 15 is 0 Å². The SMILES string of the molecule is COc1ccc(F)c(Cl)c1CC(C)Br. The van der Waals surface area contributed by atoms with Crippen molar-refractivity contribution in [1.29, 1.82) is 0 Å². The summed E-state index contributed by atoms with van der Waals surface area (Å²) in [5, 5.41) is 0.149. The van der Waals surface area contributed by atoms with Gasteiger partial charge in [-0.3, -0.25) is 0 Å². The van der Waals surface area contributed by atoms with Gasteiger partial charge in [-0.25, -0.2) is 4.39 Å². The third kappa shape index (κ3) is 2.61. The molecule has 0 aromatic heterocycles. The molecular formula is C10H11BrClFO. The number of hydrogen-bond donors (Lipinski definition) is 0. The zero-order valence-electron chi connectivity index (χ0n) is 7.98. The minimum atomic E-state index is -0.407. The van der Waals surface area contributed by atoms with Crippen LogP contribution in [0.2, 0.25) is 5.02 Å². The smallest absolute Gasteiger partial charge is 0.142 e. The molecule has 0 fully saturated rings. The first-order valence-corrected chi connectivity index (χ1v) is 5.50. The molecule has 0 saturated carbocycles. The highest BCUT2D eigenvalue weighted by Gasteiger charge is 2.13. The average molecular weight is 282 g/mol. The largest absolute Gasteiger partial charge is 0.496 e. The quantitative estimate of drug-likeness (QED) is 0.766.